The molecule has 1 saturated heterocycles. The number of likely N-dealkylation sites (tertiary alicyclic amines) is 1. The lowest BCUT2D eigenvalue weighted by Gasteiger charge is -2.24. The Morgan fingerprint density at radius 3 is 2.94 bits per heavy atom. The summed E-state index contributed by atoms with van der Waals surface area (Å²) in [5.41, 5.74) is 1.65. The van der Waals surface area contributed by atoms with Crippen LogP contribution >= 0.6 is 0 Å². The summed E-state index contributed by atoms with van der Waals surface area (Å²) in [7, 11) is 1.57. The van der Waals surface area contributed by atoms with Crippen LogP contribution in [0.2, 0.25) is 0 Å². The van der Waals surface area contributed by atoms with Gasteiger partial charge in [-0.25, -0.2) is 4.99 Å². The highest BCUT2D eigenvalue weighted by atomic mass is 16.5. The number of rotatable bonds is 7. The number of hydrogen-bond acceptors (Lipinski definition) is 5. The van der Waals surface area contributed by atoms with Crippen LogP contribution in [0.25, 0.3) is 6.08 Å². The van der Waals surface area contributed by atoms with Gasteiger partial charge in [-0.2, -0.15) is 0 Å². The molecule has 2 heterocycles. The van der Waals surface area contributed by atoms with E-state index >= 15 is 0 Å². The first-order chi connectivity index (χ1) is 15.1. The highest BCUT2D eigenvalue weighted by Crippen LogP contribution is 2.25. The van der Waals surface area contributed by atoms with Gasteiger partial charge in [-0.3, -0.25) is 9.59 Å². The molecule has 0 saturated carbocycles. The molecule has 3 aliphatic rings. The van der Waals surface area contributed by atoms with Crippen LogP contribution in [0, 0.1) is 0 Å². The first-order valence-electron chi connectivity index (χ1n) is 10.7. The largest absolute Gasteiger partial charge is 0.496 e. The van der Waals surface area contributed by atoms with Gasteiger partial charge in [-0.05, 0) is 69.3 Å². The summed E-state index contributed by atoms with van der Waals surface area (Å²) in [4.78, 5) is 31.5. The molecule has 2 amide bonds. The molecule has 4 rings (SSSR count). The number of carbonyl (C=O) groups excluding carboxylic acids is 2. The summed E-state index contributed by atoms with van der Waals surface area (Å²) < 4.78 is 11.2. The van der Waals surface area contributed by atoms with Crippen molar-refractivity contribution in [3.8, 4) is 5.75 Å². The Morgan fingerprint density at radius 1 is 1.32 bits per heavy atom. The van der Waals surface area contributed by atoms with Crippen LogP contribution in [0.5, 0.6) is 5.75 Å². The third-order valence-electron chi connectivity index (χ3n) is 5.56. The molecule has 7 nitrogen and oxygen atoms in total. The molecule has 1 aliphatic carbocycles. The van der Waals surface area contributed by atoms with E-state index in [1.54, 1.807) is 31.4 Å². The highest BCUT2D eigenvalue weighted by Gasteiger charge is 2.29. The Bertz CT molecular complexity index is 971. The molecule has 1 fully saturated rings. The minimum atomic E-state index is -0.495. The summed E-state index contributed by atoms with van der Waals surface area (Å²) in [6.07, 6.45) is 9.68. The number of fused-ring (bicyclic) bond motifs is 1. The van der Waals surface area contributed by atoms with E-state index in [2.05, 4.69) is 15.2 Å². The van der Waals surface area contributed by atoms with Crippen molar-refractivity contribution < 1.29 is 19.1 Å². The summed E-state index contributed by atoms with van der Waals surface area (Å²) in [6.45, 7) is 3.94. The van der Waals surface area contributed by atoms with Crippen molar-refractivity contribution in [3.05, 3.63) is 59.4 Å². The van der Waals surface area contributed by atoms with Crippen LogP contribution in [0.3, 0.4) is 0 Å². The number of hydrogen-bond donors (Lipinski definition) is 1. The molecule has 0 radical (unpaired) electrons. The quantitative estimate of drug-likeness (QED) is 0.541. The average molecular weight is 421 g/mol. The molecule has 1 unspecified atom stereocenters. The van der Waals surface area contributed by atoms with Crippen molar-refractivity contribution in [3.63, 3.8) is 0 Å². The second-order valence-electron chi connectivity index (χ2n) is 7.75. The zero-order chi connectivity index (χ0) is 21.6. The topological polar surface area (TPSA) is 80.2 Å². The van der Waals surface area contributed by atoms with Gasteiger partial charge < -0.3 is 19.7 Å². The van der Waals surface area contributed by atoms with Crippen molar-refractivity contribution in [1.82, 2.24) is 10.2 Å². The van der Waals surface area contributed by atoms with E-state index in [1.807, 2.05) is 24.3 Å². The molecule has 1 aromatic rings. The smallest absolute Gasteiger partial charge is 0.312 e. The number of ether oxygens (including phenoxy) is 2. The number of carbonyl (C=O) groups is 2. The predicted molar refractivity (Wildman–Crippen MR) is 119 cm³/mol. The van der Waals surface area contributed by atoms with Crippen LogP contribution in [0.4, 0.5) is 0 Å². The second kappa shape index (κ2) is 9.75. The third kappa shape index (κ3) is 5.11. The fourth-order valence-electron chi connectivity index (χ4n) is 3.91. The van der Waals surface area contributed by atoms with Gasteiger partial charge in [-0.15, -0.1) is 0 Å². The zero-order valence-electron chi connectivity index (χ0n) is 17.7. The van der Waals surface area contributed by atoms with Crippen LogP contribution < -0.4 is 10.1 Å². The van der Waals surface area contributed by atoms with Gasteiger partial charge in [0.25, 0.3) is 5.91 Å². The van der Waals surface area contributed by atoms with Crippen LogP contribution in [0.1, 0.15) is 24.8 Å². The predicted octanol–water partition coefficient (Wildman–Crippen LogP) is 2.50. The molecule has 1 N–H and O–H groups in total. The van der Waals surface area contributed by atoms with Gasteiger partial charge in [-0.1, -0.05) is 18.2 Å². The number of para-hydroxylation sites is 1. The van der Waals surface area contributed by atoms with Crippen LogP contribution in [-0.4, -0.2) is 61.8 Å². The van der Waals surface area contributed by atoms with E-state index in [4.69, 9.17) is 9.47 Å². The van der Waals surface area contributed by atoms with Gasteiger partial charge in [0.15, 0.2) is 11.9 Å². The number of nitrogens with one attached hydrogen (secondary N) is 1. The molecule has 0 aromatic heterocycles. The third-order valence-corrected chi connectivity index (χ3v) is 5.56. The first-order valence-corrected chi connectivity index (χ1v) is 10.7. The molecular weight excluding hydrogens is 394 g/mol. The minimum Gasteiger partial charge on any atom is -0.496 e. The zero-order valence-corrected chi connectivity index (χ0v) is 17.7. The van der Waals surface area contributed by atoms with Crippen molar-refractivity contribution >= 4 is 23.6 Å². The average Bonchev–Trinajstić information content (AvgIpc) is 3.30. The van der Waals surface area contributed by atoms with E-state index < -0.39 is 12.0 Å². The number of amides is 2. The standard InChI is InChI=1S/C24H27N3O4/c1-30-20-8-3-2-7-17(20)16-22-24(29)26-19-15-18(9-10-21(19)31-22)23(28)25-11-6-14-27-12-4-5-13-27/h2-3,7-10,15-16,21H,4-6,11-14H2,1H3,(H,25,28)/b22-16-. The van der Waals surface area contributed by atoms with Crippen molar-refractivity contribution in [1.29, 1.82) is 0 Å². The van der Waals surface area contributed by atoms with Gasteiger partial charge in [0.2, 0.25) is 0 Å². The maximum atomic E-state index is 12.5. The lowest BCUT2D eigenvalue weighted by Crippen LogP contribution is -2.34. The Morgan fingerprint density at radius 2 is 2.13 bits per heavy atom. The lowest BCUT2D eigenvalue weighted by molar-refractivity contribution is -0.119. The SMILES string of the molecule is COc1ccccc1/C=C1\OC2C=CC(C(=O)NCCCN3CCCC3)=CC2=NC1=O. The Labute approximate surface area is 182 Å². The molecule has 31 heavy (non-hydrogen) atoms. The fraction of sp³-hybridized carbons (Fsp3) is 0.375. The normalized spacial score (nSPS) is 21.9. The van der Waals surface area contributed by atoms with Gasteiger partial charge >= 0.3 is 5.91 Å². The Hall–Kier alpha value is -3.19. The van der Waals surface area contributed by atoms with E-state index in [0.29, 0.717) is 23.6 Å². The molecule has 162 valence electrons. The van der Waals surface area contributed by atoms with E-state index in [1.165, 1.54) is 12.8 Å². The molecule has 0 spiro atoms. The number of benzene rings is 1. The van der Waals surface area contributed by atoms with E-state index in [0.717, 1.165) is 31.6 Å². The Balaban J connectivity index is 1.38. The maximum Gasteiger partial charge on any atom is 0.312 e. The second-order valence-corrected chi connectivity index (χ2v) is 7.75. The number of nitrogens with zero attached hydrogens (tertiary/aromatic N) is 2. The van der Waals surface area contributed by atoms with Gasteiger partial charge in [0, 0.05) is 17.7 Å². The molecular formula is C24H27N3O4. The molecule has 1 aromatic carbocycles. The van der Waals surface area contributed by atoms with E-state index in [-0.39, 0.29) is 11.7 Å². The van der Waals surface area contributed by atoms with Crippen molar-refractivity contribution in [2.24, 2.45) is 4.99 Å². The molecule has 0 bridgehead atoms. The molecule has 7 heteroatoms. The maximum absolute atomic E-state index is 12.5. The first kappa shape index (κ1) is 21.1. The van der Waals surface area contributed by atoms with Crippen LogP contribution in [-0.2, 0) is 14.3 Å². The number of aliphatic imine (C=N–C) groups is 1. The summed E-state index contributed by atoms with van der Waals surface area (Å²) in [5.74, 6) is 0.144. The monoisotopic (exact) mass is 421 g/mol. The summed E-state index contributed by atoms with van der Waals surface area (Å²) >= 11 is 0. The fourth-order valence-corrected chi connectivity index (χ4v) is 3.91. The Kier molecular flexibility index (Phi) is 6.62. The lowest BCUT2D eigenvalue weighted by atomic mass is 10.0. The number of methoxy groups -OCH3 is 1. The summed E-state index contributed by atoms with van der Waals surface area (Å²) in [5, 5.41) is 2.95. The van der Waals surface area contributed by atoms with Gasteiger partial charge in [0.05, 0.1) is 12.8 Å². The van der Waals surface area contributed by atoms with Gasteiger partial charge in [0.1, 0.15) is 5.75 Å². The highest BCUT2D eigenvalue weighted by molar-refractivity contribution is 6.16. The molecule has 2 aliphatic heterocycles. The van der Waals surface area contributed by atoms with Crippen molar-refractivity contribution in [2.75, 3.05) is 33.3 Å². The van der Waals surface area contributed by atoms with E-state index in [9.17, 15) is 9.59 Å². The van der Waals surface area contributed by atoms with Crippen LogP contribution in [0.15, 0.2) is 58.8 Å². The summed E-state index contributed by atoms with van der Waals surface area (Å²) in [6, 6.07) is 7.36. The minimum absolute atomic E-state index is 0.145. The molecule has 1 atom stereocenters. The van der Waals surface area contributed by atoms with Crippen molar-refractivity contribution in [2.45, 2.75) is 25.4 Å².